The lowest BCUT2D eigenvalue weighted by atomic mass is 10.0. The Kier molecular flexibility index (Phi) is 5.99. The van der Waals surface area contributed by atoms with Crippen molar-refractivity contribution < 1.29 is 33.8 Å². The van der Waals surface area contributed by atoms with E-state index in [0.29, 0.717) is 49.6 Å². The average molecular weight is 522 g/mol. The molecule has 35 heavy (non-hydrogen) atoms. The van der Waals surface area contributed by atoms with Crippen LogP contribution in [0.3, 0.4) is 0 Å². The van der Waals surface area contributed by atoms with Crippen LogP contribution in [0.15, 0.2) is 35.2 Å². The highest BCUT2D eigenvalue weighted by molar-refractivity contribution is 8.45. The van der Waals surface area contributed by atoms with Crippen LogP contribution in [0.5, 0.6) is 0 Å². The summed E-state index contributed by atoms with van der Waals surface area (Å²) in [5, 5.41) is 2.77. The second-order valence-corrected chi connectivity index (χ2v) is 11.5. The third-order valence-electron chi connectivity index (χ3n) is 6.63. The highest BCUT2D eigenvalue weighted by Gasteiger charge is 2.65. The number of amides is 2. The summed E-state index contributed by atoms with van der Waals surface area (Å²) in [6.45, 7) is 5.29. The van der Waals surface area contributed by atoms with E-state index in [-0.39, 0.29) is 29.7 Å². The summed E-state index contributed by atoms with van der Waals surface area (Å²) in [6, 6.07) is 3.50. The van der Waals surface area contributed by atoms with E-state index in [2.05, 4.69) is 5.32 Å². The van der Waals surface area contributed by atoms with Crippen molar-refractivity contribution in [2.75, 3.05) is 13.2 Å². The fraction of sp³-hybridized carbons (Fsp3) is 0.478. The molecule has 0 saturated carbocycles. The maximum Gasteiger partial charge on any atom is 0.310 e. The molecule has 2 unspecified atom stereocenters. The first kappa shape index (κ1) is 25.5. The van der Waals surface area contributed by atoms with Crippen molar-refractivity contribution in [3.8, 4) is 0 Å². The molecule has 1 N–H and O–H groups in total. The first-order chi connectivity index (χ1) is 16.2. The van der Waals surface area contributed by atoms with Crippen molar-refractivity contribution in [1.82, 2.24) is 14.8 Å². The summed E-state index contributed by atoms with van der Waals surface area (Å²) in [4.78, 5) is 26.2. The van der Waals surface area contributed by atoms with Crippen LogP contribution >= 0.6 is 10.2 Å². The summed E-state index contributed by atoms with van der Waals surface area (Å²) >= 11 is 0. The van der Waals surface area contributed by atoms with Gasteiger partial charge in [0.25, 0.3) is 11.8 Å². The molecular weight excluding hydrogens is 493 g/mol. The molecule has 1 aromatic heterocycles. The van der Waals surface area contributed by atoms with E-state index in [9.17, 15) is 29.0 Å². The average Bonchev–Trinajstić information content (AvgIpc) is 3.39. The van der Waals surface area contributed by atoms with Crippen LogP contribution in [-0.4, -0.2) is 40.5 Å². The van der Waals surface area contributed by atoms with Gasteiger partial charge >= 0.3 is 10.2 Å². The normalized spacial score (nSPS) is 21.1. The van der Waals surface area contributed by atoms with Crippen molar-refractivity contribution in [1.29, 1.82) is 0 Å². The zero-order chi connectivity index (χ0) is 25.7. The van der Waals surface area contributed by atoms with Gasteiger partial charge in [0.2, 0.25) is 0 Å². The fourth-order valence-corrected chi connectivity index (χ4v) is 5.35. The minimum absolute atomic E-state index is 0.101. The van der Waals surface area contributed by atoms with Gasteiger partial charge in [0.05, 0.1) is 30.5 Å². The second-order valence-electron chi connectivity index (χ2n) is 9.06. The molecule has 6 nitrogen and oxygen atoms in total. The molecule has 4 rings (SSSR count). The topological polar surface area (TPSA) is 63.6 Å². The number of likely N-dealkylation sites (tertiary alicyclic amines) is 1. The van der Waals surface area contributed by atoms with Gasteiger partial charge in [-0.1, -0.05) is 38.5 Å². The van der Waals surface area contributed by atoms with E-state index in [4.69, 9.17) is 4.74 Å². The molecule has 2 atom stereocenters. The summed E-state index contributed by atoms with van der Waals surface area (Å²) < 4.78 is 72.5. The summed E-state index contributed by atoms with van der Waals surface area (Å²) in [6.07, 6.45) is 2.13. The Hall–Kier alpha value is -2.60. The Morgan fingerprint density at radius 2 is 1.83 bits per heavy atom. The van der Waals surface area contributed by atoms with E-state index < -0.39 is 27.1 Å². The van der Waals surface area contributed by atoms with E-state index in [0.717, 1.165) is 25.0 Å². The second kappa shape index (κ2) is 8.22. The van der Waals surface area contributed by atoms with Crippen LogP contribution in [0.1, 0.15) is 71.3 Å². The Morgan fingerprint density at radius 1 is 1.14 bits per heavy atom. The number of aromatic nitrogens is 1. The SMILES string of the molecule is CCC(NC(=O)c1cc(C(=O)N2CCCC2C)n2c1COCC2)c1ccc(S(F)(F)(F)(F)F)cc1. The Balaban J connectivity index is 1.59. The molecule has 194 valence electrons. The van der Waals surface area contributed by atoms with Crippen LogP contribution in [-0.2, 0) is 17.9 Å². The van der Waals surface area contributed by atoms with Gasteiger partial charge in [-0.2, -0.15) is 0 Å². The molecule has 0 bridgehead atoms. The number of fused-ring (bicyclic) bond motifs is 1. The zero-order valence-electron chi connectivity index (χ0n) is 19.4. The highest BCUT2D eigenvalue weighted by atomic mass is 32.5. The van der Waals surface area contributed by atoms with E-state index in [1.807, 2.05) is 6.92 Å². The largest absolute Gasteiger partial charge is 0.373 e. The monoisotopic (exact) mass is 521 g/mol. The summed E-state index contributed by atoms with van der Waals surface area (Å²) in [5.74, 6) is -0.674. The lowest BCUT2D eigenvalue weighted by molar-refractivity contribution is 0.0683. The molecule has 2 aromatic rings. The Morgan fingerprint density at radius 3 is 2.40 bits per heavy atom. The first-order valence-electron chi connectivity index (χ1n) is 11.5. The number of nitrogens with zero attached hydrogens (tertiary/aromatic N) is 2. The van der Waals surface area contributed by atoms with Gasteiger partial charge in [0, 0.05) is 19.1 Å². The number of rotatable bonds is 6. The van der Waals surface area contributed by atoms with Crippen molar-refractivity contribution in [2.24, 2.45) is 0 Å². The minimum Gasteiger partial charge on any atom is -0.373 e. The number of hydrogen-bond donors (Lipinski definition) is 1. The van der Waals surface area contributed by atoms with Crippen molar-refractivity contribution in [3.05, 3.63) is 52.8 Å². The first-order valence-corrected chi connectivity index (χ1v) is 13.4. The van der Waals surface area contributed by atoms with Gasteiger partial charge in [0.15, 0.2) is 0 Å². The predicted molar refractivity (Wildman–Crippen MR) is 122 cm³/mol. The van der Waals surface area contributed by atoms with E-state index in [1.165, 1.54) is 6.07 Å². The molecule has 0 aliphatic carbocycles. The highest BCUT2D eigenvalue weighted by Crippen LogP contribution is 3.02. The van der Waals surface area contributed by atoms with Crippen molar-refractivity contribution >= 4 is 22.0 Å². The number of ether oxygens (including phenoxy) is 1. The number of halogens is 5. The van der Waals surface area contributed by atoms with E-state index >= 15 is 0 Å². The summed E-state index contributed by atoms with van der Waals surface area (Å²) in [5.41, 5.74) is 1.46. The minimum atomic E-state index is -9.78. The van der Waals surface area contributed by atoms with Crippen LogP contribution in [0, 0.1) is 0 Å². The third kappa shape index (κ3) is 5.18. The van der Waals surface area contributed by atoms with Crippen LogP contribution in [0.25, 0.3) is 0 Å². The molecule has 0 spiro atoms. The molecule has 12 heteroatoms. The number of hydrogen-bond acceptors (Lipinski definition) is 3. The van der Waals surface area contributed by atoms with E-state index in [1.54, 1.807) is 16.4 Å². The molecule has 1 saturated heterocycles. The molecule has 2 aliphatic heterocycles. The van der Waals surface area contributed by atoms with Crippen molar-refractivity contribution in [2.45, 2.75) is 63.2 Å². The third-order valence-corrected chi connectivity index (χ3v) is 7.79. The van der Waals surface area contributed by atoms with Gasteiger partial charge < -0.3 is 19.5 Å². The molecular formula is C23H28F5N3O3S. The lowest BCUT2D eigenvalue weighted by Gasteiger charge is -2.40. The zero-order valence-corrected chi connectivity index (χ0v) is 20.2. The maximum absolute atomic E-state index is 13.2. The Labute approximate surface area is 200 Å². The van der Waals surface area contributed by atoms with Crippen molar-refractivity contribution in [3.63, 3.8) is 0 Å². The van der Waals surface area contributed by atoms with Crippen LogP contribution in [0.4, 0.5) is 19.4 Å². The lowest BCUT2D eigenvalue weighted by Crippen LogP contribution is -2.35. The molecule has 2 aliphatic rings. The maximum atomic E-state index is 13.2. The molecule has 0 radical (unpaired) electrons. The smallest absolute Gasteiger partial charge is 0.310 e. The van der Waals surface area contributed by atoms with Crippen LogP contribution < -0.4 is 5.32 Å². The van der Waals surface area contributed by atoms with Gasteiger partial charge in [-0.3, -0.25) is 9.59 Å². The number of carbonyl (C=O) groups is 2. The van der Waals surface area contributed by atoms with Gasteiger partial charge in [-0.15, -0.1) is 0 Å². The quantitative estimate of drug-likeness (QED) is 0.462. The number of carbonyl (C=O) groups excluding carboxylic acids is 2. The Bertz CT molecular complexity index is 1150. The fourth-order valence-electron chi connectivity index (χ4n) is 4.69. The number of nitrogens with one attached hydrogen (secondary N) is 1. The molecule has 2 amide bonds. The van der Waals surface area contributed by atoms with Gasteiger partial charge in [0.1, 0.15) is 10.6 Å². The van der Waals surface area contributed by atoms with Gasteiger partial charge in [-0.25, -0.2) is 0 Å². The summed E-state index contributed by atoms with van der Waals surface area (Å²) in [7, 11) is -9.78. The van der Waals surface area contributed by atoms with Gasteiger partial charge in [-0.05, 0) is 49.9 Å². The standard InChI is InChI=1S/C23H28F5N3O3S/c1-3-19(16-6-8-17(9-7-16)35(24,25,26,27)28)29-22(32)18-13-20(31-11-12-34-14-21(18)31)23(33)30-10-4-5-15(30)2/h6-9,13,15,19H,3-5,10-12,14H2,1-2H3,(H,29,32). The predicted octanol–water partition coefficient (Wildman–Crippen LogP) is 6.18. The number of benzene rings is 1. The molecule has 3 heterocycles. The molecule has 1 fully saturated rings. The molecule has 1 aromatic carbocycles. The van der Waals surface area contributed by atoms with Crippen LogP contribution in [0.2, 0.25) is 0 Å².